The minimum atomic E-state index is -0.753. The molecule has 0 aromatic heterocycles. The average Bonchev–Trinajstić information content (AvgIpc) is 3.07. The summed E-state index contributed by atoms with van der Waals surface area (Å²) in [4.78, 5) is 41.2. The molecule has 1 N–H and O–H groups in total. The van der Waals surface area contributed by atoms with E-state index in [0.29, 0.717) is 30.2 Å². The molecule has 29 heavy (non-hydrogen) atoms. The smallest absolute Gasteiger partial charge is 0.316 e. The molecule has 0 bridgehead atoms. The molecule has 7 heteroatoms. The van der Waals surface area contributed by atoms with Crippen molar-refractivity contribution >= 4 is 40.7 Å². The number of hydrogen-bond acceptors (Lipinski definition) is 3. The highest BCUT2D eigenvalue weighted by atomic mass is 35.5. The molecule has 2 aromatic rings. The van der Waals surface area contributed by atoms with Gasteiger partial charge in [-0.2, -0.15) is 0 Å². The number of aryl methyl sites for hydroxylation is 2. The number of para-hydroxylation sites is 1. The second kappa shape index (κ2) is 7.87. The van der Waals surface area contributed by atoms with Gasteiger partial charge in [-0.15, -0.1) is 0 Å². The lowest BCUT2D eigenvalue weighted by atomic mass is 10.0. The fourth-order valence-corrected chi connectivity index (χ4v) is 4.31. The molecule has 2 heterocycles. The molecule has 150 valence electrons. The van der Waals surface area contributed by atoms with Gasteiger partial charge in [-0.05, 0) is 55.5 Å². The summed E-state index contributed by atoms with van der Waals surface area (Å²) in [6.45, 7) is 2.86. The first-order chi connectivity index (χ1) is 14.0. The predicted molar refractivity (Wildman–Crippen MR) is 112 cm³/mol. The van der Waals surface area contributed by atoms with E-state index in [1.165, 1.54) is 4.90 Å². The van der Waals surface area contributed by atoms with Crippen LogP contribution in [-0.4, -0.2) is 36.9 Å². The van der Waals surface area contributed by atoms with Crippen molar-refractivity contribution in [3.63, 3.8) is 0 Å². The maximum Gasteiger partial charge on any atom is 0.316 e. The number of nitrogens with one attached hydrogen (secondary N) is 1. The van der Waals surface area contributed by atoms with Gasteiger partial charge >= 0.3 is 11.8 Å². The monoisotopic (exact) mass is 411 g/mol. The molecule has 0 radical (unpaired) electrons. The van der Waals surface area contributed by atoms with Gasteiger partial charge in [0.25, 0.3) is 0 Å². The van der Waals surface area contributed by atoms with E-state index in [1.54, 1.807) is 17.0 Å². The number of carbonyl (C=O) groups is 3. The second-order valence-corrected chi connectivity index (χ2v) is 7.86. The van der Waals surface area contributed by atoms with E-state index in [0.717, 1.165) is 29.7 Å². The Kier molecular flexibility index (Phi) is 5.28. The number of amides is 3. The van der Waals surface area contributed by atoms with Crippen molar-refractivity contribution < 1.29 is 14.4 Å². The van der Waals surface area contributed by atoms with Crippen LogP contribution in [0.3, 0.4) is 0 Å². The first-order valence-electron chi connectivity index (χ1n) is 9.73. The molecule has 1 fully saturated rings. The topological polar surface area (TPSA) is 69.7 Å². The Balaban J connectivity index is 1.45. The first kappa shape index (κ1) is 19.5. The Morgan fingerprint density at radius 3 is 2.69 bits per heavy atom. The van der Waals surface area contributed by atoms with E-state index >= 15 is 0 Å². The third-order valence-corrected chi connectivity index (χ3v) is 5.76. The summed E-state index contributed by atoms with van der Waals surface area (Å²) in [6.07, 6.45) is 2.12. The van der Waals surface area contributed by atoms with Crippen molar-refractivity contribution in [1.82, 2.24) is 5.32 Å². The number of nitrogens with zero attached hydrogens (tertiary/aromatic N) is 2. The van der Waals surface area contributed by atoms with Crippen LogP contribution < -0.4 is 15.1 Å². The van der Waals surface area contributed by atoms with E-state index in [-0.39, 0.29) is 5.91 Å². The zero-order chi connectivity index (χ0) is 20.5. The van der Waals surface area contributed by atoms with Crippen molar-refractivity contribution in [2.45, 2.75) is 32.2 Å². The van der Waals surface area contributed by atoms with Gasteiger partial charge in [0, 0.05) is 18.8 Å². The highest BCUT2D eigenvalue weighted by Crippen LogP contribution is 2.30. The van der Waals surface area contributed by atoms with Gasteiger partial charge in [0.05, 0.1) is 10.7 Å². The fraction of sp³-hybridized carbons (Fsp3) is 0.318. The molecule has 1 atom stereocenters. The van der Waals surface area contributed by atoms with E-state index in [4.69, 9.17) is 11.6 Å². The highest BCUT2D eigenvalue weighted by molar-refractivity contribution is 6.41. The lowest BCUT2D eigenvalue weighted by Gasteiger charge is -2.29. The zero-order valence-electron chi connectivity index (χ0n) is 16.2. The fourth-order valence-electron chi connectivity index (χ4n) is 3.97. The quantitative estimate of drug-likeness (QED) is 0.772. The van der Waals surface area contributed by atoms with Crippen molar-refractivity contribution in [2.75, 3.05) is 22.9 Å². The number of benzene rings is 2. The van der Waals surface area contributed by atoms with Crippen LogP contribution in [0.2, 0.25) is 5.02 Å². The van der Waals surface area contributed by atoms with E-state index in [2.05, 4.69) is 5.32 Å². The van der Waals surface area contributed by atoms with Crippen LogP contribution in [0.5, 0.6) is 0 Å². The second-order valence-electron chi connectivity index (χ2n) is 7.45. The molecule has 0 aliphatic carbocycles. The largest absolute Gasteiger partial charge is 0.336 e. The van der Waals surface area contributed by atoms with Crippen molar-refractivity contribution in [3.8, 4) is 0 Å². The summed E-state index contributed by atoms with van der Waals surface area (Å²) in [5, 5.41) is 3.11. The normalized spacial score (nSPS) is 18.6. The molecule has 1 saturated heterocycles. The summed E-state index contributed by atoms with van der Waals surface area (Å²) in [7, 11) is 0. The van der Waals surface area contributed by atoms with Crippen LogP contribution >= 0.6 is 11.6 Å². The van der Waals surface area contributed by atoms with Gasteiger partial charge in [0.1, 0.15) is 6.04 Å². The van der Waals surface area contributed by atoms with Crippen LogP contribution in [0.25, 0.3) is 0 Å². The lowest BCUT2D eigenvalue weighted by molar-refractivity contribution is -0.138. The van der Waals surface area contributed by atoms with Gasteiger partial charge in [0.2, 0.25) is 5.91 Å². The van der Waals surface area contributed by atoms with Gasteiger partial charge in [-0.25, -0.2) is 0 Å². The first-order valence-corrected chi connectivity index (χ1v) is 10.1. The van der Waals surface area contributed by atoms with Crippen molar-refractivity contribution in [2.24, 2.45) is 0 Å². The Hall–Kier alpha value is -2.86. The summed E-state index contributed by atoms with van der Waals surface area (Å²) >= 11 is 6.29. The highest BCUT2D eigenvalue weighted by Gasteiger charge is 2.37. The number of carbonyl (C=O) groups excluding carboxylic acids is 3. The number of hydrogen-bond donors (Lipinski definition) is 1. The summed E-state index contributed by atoms with van der Waals surface area (Å²) in [5.41, 5.74) is 3.44. The molecule has 2 aliphatic rings. The van der Waals surface area contributed by atoms with Crippen LogP contribution in [0.1, 0.15) is 24.0 Å². The van der Waals surface area contributed by atoms with E-state index in [9.17, 15) is 14.4 Å². The molecule has 3 amide bonds. The standard InChI is InChI=1S/C22H22ClN3O3/c1-14-8-9-19(16(23)13-14)26-12-10-17(21(26)28)24-20(27)22(29)25-11-4-6-15-5-2-3-7-18(15)25/h2-3,5,7-9,13,17H,4,6,10-12H2,1H3,(H,24,27). The minimum absolute atomic E-state index is 0.254. The number of fused-ring (bicyclic) bond motifs is 1. The third kappa shape index (κ3) is 3.72. The Morgan fingerprint density at radius 2 is 1.90 bits per heavy atom. The average molecular weight is 412 g/mol. The molecular formula is C22H22ClN3O3. The molecule has 2 aromatic carbocycles. The zero-order valence-corrected chi connectivity index (χ0v) is 16.9. The van der Waals surface area contributed by atoms with Crippen LogP contribution in [-0.2, 0) is 20.8 Å². The van der Waals surface area contributed by atoms with Crippen LogP contribution in [0.4, 0.5) is 11.4 Å². The minimum Gasteiger partial charge on any atom is -0.336 e. The maximum absolute atomic E-state index is 12.8. The Bertz CT molecular complexity index is 991. The molecule has 0 spiro atoms. The van der Waals surface area contributed by atoms with Crippen molar-refractivity contribution in [1.29, 1.82) is 0 Å². The molecule has 0 saturated carbocycles. The molecule has 6 nitrogen and oxygen atoms in total. The lowest BCUT2D eigenvalue weighted by Crippen LogP contribution is -2.50. The Morgan fingerprint density at radius 1 is 1.10 bits per heavy atom. The van der Waals surface area contributed by atoms with Gasteiger partial charge in [-0.1, -0.05) is 35.9 Å². The maximum atomic E-state index is 12.8. The molecular weight excluding hydrogens is 390 g/mol. The summed E-state index contributed by atoms with van der Waals surface area (Å²) in [5.74, 6) is -1.63. The number of anilines is 2. The summed E-state index contributed by atoms with van der Waals surface area (Å²) in [6, 6.07) is 12.4. The van der Waals surface area contributed by atoms with E-state index < -0.39 is 17.9 Å². The van der Waals surface area contributed by atoms with Crippen LogP contribution in [0.15, 0.2) is 42.5 Å². The number of halogens is 1. The van der Waals surface area contributed by atoms with Gasteiger partial charge in [-0.3, -0.25) is 14.4 Å². The van der Waals surface area contributed by atoms with Gasteiger partial charge < -0.3 is 15.1 Å². The Labute approximate surface area is 174 Å². The SMILES string of the molecule is Cc1ccc(N2CCC(NC(=O)C(=O)N3CCCc4ccccc43)C2=O)c(Cl)c1. The molecule has 4 rings (SSSR count). The predicted octanol–water partition coefficient (Wildman–Crippen LogP) is 2.85. The van der Waals surface area contributed by atoms with Crippen molar-refractivity contribution in [3.05, 3.63) is 58.6 Å². The number of rotatable bonds is 2. The van der Waals surface area contributed by atoms with Crippen LogP contribution in [0, 0.1) is 6.92 Å². The summed E-state index contributed by atoms with van der Waals surface area (Å²) < 4.78 is 0. The van der Waals surface area contributed by atoms with E-state index in [1.807, 2.05) is 37.3 Å². The third-order valence-electron chi connectivity index (χ3n) is 5.45. The van der Waals surface area contributed by atoms with Gasteiger partial charge in [0.15, 0.2) is 0 Å². The molecule has 1 unspecified atom stereocenters. The molecule has 2 aliphatic heterocycles.